The fraction of sp³-hybridized carbons (Fsp3) is 1.00. The number of hydrogen-bond donors (Lipinski definition) is 0. The zero-order valence-corrected chi connectivity index (χ0v) is 12.5. The van der Waals surface area contributed by atoms with Gasteiger partial charge in [-0.15, -0.1) is 0 Å². The van der Waals surface area contributed by atoms with E-state index in [9.17, 15) is 8.42 Å². The molecule has 1 aliphatic rings. The highest BCUT2D eigenvalue weighted by atomic mass is 32.2. The van der Waals surface area contributed by atoms with Gasteiger partial charge in [0.25, 0.3) is 0 Å². The first-order valence-corrected chi connectivity index (χ1v) is 8.64. The van der Waals surface area contributed by atoms with Crippen LogP contribution in [0.4, 0.5) is 0 Å². The molecule has 0 aromatic carbocycles. The second-order valence-corrected chi connectivity index (χ2v) is 8.73. The Bertz CT molecular complexity index is 330. The monoisotopic (exact) mass is 261 g/mol. The summed E-state index contributed by atoms with van der Waals surface area (Å²) in [5.74, 6) is 1.07. The Labute approximate surface area is 106 Å². The Morgan fingerprint density at radius 1 is 1.18 bits per heavy atom. The summed E-state index contributed by atoms with van der Waals surface area (Å²) in [6, 6.07) is 0. The molecule has 0 aromatic heterocycles. The third-order valence-corrected chi connectivity index (χ3v) is 4.75. The summed E-state index contributed by atoms with van der Waals surface area (Å²) in [6.07, 6.45) is 5.00. The highest BCUT2D eigenvalue weighted by molar-refractivity contribution is 7.90. The van der Waals surface area contributed by atoms with Gasteiger partial charge in [-0.25, -0.2) is 8.42 Å². The highest BCUT2D eigenvalue weighted by Gasteiger charge is 2.27. The van der Waals surface area contributed by atoms with Gasteiger partial charge >= 0.3 is 0 Å². The lowest BCUT2D eigenvalue weighted by atomic mass is 9.77. The molecule has 0 radical (unpaired) electrons. The summed E-state index contributed by atoms with van der Waals surface area (Å²) < 4.78 is 22.3. The summed E-state index contributed by atoms with van der Waals surface area (Å²) >= 11 is 0. The van der Waals surface area contributed by atoms with E-state index in [1.807, 2.05) is 0 Å². The van der Waals surface area contributed by atoms with E-state index >= 15 is 0 Å². The molecule has 1 heterocycles. The van der Waals surface area contributed by atoms with Crippen LogP contribution in [0.15, 0.2) is 0 Å². The summed E-state index contributed by atoms with van der Waals surface area (Å²) in [6.45, 7) is 9.74. The predicted octanol–water partition coefficient (Wildman–Crippen LogP) is 2.18. The zero-order chi connectivity index (χ0) is 13.1. The zero-order valence-electron chi connectivity index (χ0n) is 11.7. The highest BCUT2D eigenvalue weighted by Crippen LogP contribution is 2.34. The lowest BCUT2D eigenvalue weighted by Gasteiger charge is -2.29. The second kappa shape index (κ2) is 5.70. The van der Waals surface area contributed by atoms with Crippen LogP contribution >= 0.6 is 0 Å². The SMILES string of the molecule is CC(C)(C)C1CCCN(CCS(C)(=O)=O)CC1. The van der Waals surface area contributed by atoms with Gasteiger partial charge < -0.3 is 4.90 Å². The molecular formula is C13H27NO2S. The van der Waals surface area contributed by atoms with Crippen LogP contribution in [-0.2, 0) is 9.84 Å². The van der Waals surface area contributed by atoms with Crippen molar-refractivity contribution in [2.45, 2.75) is 40.0 Å². The van der Waals surface area contributed by atoms with Crippen molar-refractivity contribution in [3.05, 3.63) is 0 Å². The molecule has 0 aromatic rings. The van der Waals surface area contributed by atoms with Crippen LogP contribution in [0.2, 0.25) is 0 Å². The number of nitrogens with zero attached hydrogens (tertiary/aromatic N) is 1. The number of rotatable bonds is 3. The van der Waals surface area contributed by atoms with E-state index in [0.717, 1.165) is 19.0 Å². The van der Waals surface area contributed by atoms with Gasteiger partial charge in [0.15, 0.2) is 0 Å². The molecule has 4 heteroatoms. The predicted molar refractivity (Wildman–Crippen MR) is 72.9 cm³/mol. The molecule has 1 atom stereocenters. The van der Waals surface area contributed by atoms with E-state index < -0.39 is 9.84 Å². The van der Waals surface area contributed by atoms with Gasteiger partial charge in [0, 0.05) is 12.8 Å². The molecule has 1 saturated heterocycles. The van der Waals surface area contributed by atoms with Crippen molar-refractivity contribution in [3.8, 4) is 0 Å². The molecular weight excluding hydrogens is 234 g/mol. The molecule has 17 heavy (non-hydrogen) atoms. The van der Waals surface area contributed by atoms with E-state index in [-0.39, 0.29) is 0 Å². The number of likely N-dealkylation sites (tertiary alicyclic amines) is 1. The molecule has 102 valence electrons. The summed E-state index contributed by atoms with van der Waals surface area (Å²) in [7, 11) is -2.82. The second-order valence-electron chi connectivity index (χ2n) is 6.47. The van der Waals surface area contributed by atoms with Crippen LogP contribution in [0.25, 0.3) is 0 Å². The van der Waals surface area contributed by atoms with Crippen molar-refractivity contribution in [1.29, 1.82) is 0 Å². The van der Waals surface area contributed by atoms with Crippen molar-refractivity contribution in [1.82, 2.24) is 4.90 Å². The first-order valence-electron chi connectivity index (χ1n) is 6.58. The van der Waals surface area contributed by atoms with Gasteiger partial charge in [0.2, 0.25) is 0 Å². The normalized spacial score (nSPS) is 24.6. The number of hydrogen-bond acceptors (Lipinski definition) is 3. The maximum absolute atomic E-state index is 11.2. The molecule has 0 bridgehead atoms. The molecule has 0 aliphatic carbocycles. The van der Waals surface area contributed by atoms with E-state index in [1.54, 1.807) is 0 Å². The van der Waals surface area contributed by atoms with E-state index in [1.165, 1.54) is 25.5 Å². The van der Waals surface area contributed by atoms with E-state index in [2.05, 4.69) is 25.7 Å². The molecule has 1 rings (SSSR count). The fourth-order valence-corrected chi connectivity index (χ4v) is 3.13. The Morgan fingerprint density at radius 3 is 2.35 bits per heavy atom. The minimum absolute atomic E-state index is 0.299. The van der Waals surface area contributed by atoms with Crippen LogP contribution in [0.3, 0.4) is 0 Å². The van der Waals surface area contributed by atoms with E-state index in [4.69, 9.17) is 0 Å². The van der Waals surface area contributed by atoms with Crippen LogP contribution in [0.5, 0.6) is 0 Å². The maximum Gasteiger partial charge on any atom is 0.148 e. The van der Waals surface area contributed by atoms with Crippen LogP contribution < -0.4 is 0 Å². The van der Waals surface area contributed by atoms with Gasteiger partial charge in [-0.1, -0.05) is 20.8 Å². The maximum atomic E-state index is 11.2. The van der Waals surface area contributed by atoms with Gasteiger partial charge in [-0.2, -0.15) is 0 Å². The average Bonchev–Trinajstić information content (AvgIpc) is 2.37. The van der Waals surface area contributed by atoms with Crippen LogP contribution in [-0.4, -0.2) is 45.0 Å². The van der Waals surface area contributed by atoms with Gasteiger partial charge in [-0.05, 0) is 43.7 Å². The third-order valence-electron chi connectivity index (χ3n) is 3.82. The Morgan fingerprint density at radius 2 is 1.82 bits per heavy atom. The summed E-state index contributed by atoms with van der Waals surface area (Å²) in [5, 5.41) is 0. The van der Waals surface area contributed by atoms with Crippen molar-refractivity contribution in [2.75, 3.05) is 31.6 Å². The smallest absolute Gasteiger partial charge is 0.148 e. The molecule has 0 spiro atoms. The molecule has 3 nitrogen and oxygen atoms in total. The number of sulfone groups is 1. The topological polar surface area (TPSA) is 37.4 Å². The Kier molecular flexibility index (Phi) is 5.02. The molecule has 0 saturated carbocycles. The molecule has 1 fully saturated rings. The molecule has 1 unspecified atom stereocenters. The van der Waals surface area contributed by atoms with Gasteiger partial charge in [0.05, 0.1) is 5.75 Å². The van der Waals surface area contributed by atoms with Crippen LogP contribution in [0.1, 0.15) is 40.0 Å². The van der Waals surface area contributed by atoms with Gasteiger partial charge in [-0.3, -0.25) is 0 Å². The Balaban J connectivity index is 2.43. The van der Waals surface area contributed by atoms with E-state index in [0.29, 0.717) is 17.7 Å². The third kappa shape index (κ3) is 5.87. The fourth-order valence-electron chi connectivity index (χ4n) is 2.54. The largest absolute Gasteiger partial charge is 0.302 e. The van der Waals surface area contributed by atoms with Crippen molar-refractivity contribution in [3.63, 3.8) is 0 Å². The van der Waals surface area contributed by atoms with Crippen LogP contribution in [0, 0.1) is 11.3 Å². The first-order chi connectivity index (χ1) is 7.68. The van der Waals surface area contributed by atoms with Crippen molar-refractivity contribution < 1.29 is 8.42 Å². The molecule has 0 amide bonds. The molecule has 1 aliphatic heterocycles. The minimum Gasteiger partial charge on any atom is -0.302 e. The summed E-state index contributed by atoms with van der Waals surface area (Å²) in [5.41, 5.74) is 0.382. The molecule has 0 N–H and O–H groups in total. The van der Waals surface area contributed by atoms with Crippen molar-refractivity contribution in [2.24, 2.45) is 11.3 Å². The summed E-state index contributed by atoms with van der Waals surface area (Å²) in [4.78, 5) is 2.31. The quantitative estimate of drug-likeness (QED) is 0.781. The minimum atomic E-state index is -2.82. The average molecular weight is 261 g/mol. The van der Waals surface area contributed by atoms with Crippen molar-refractivity contribution >= 4 is 9.84 Å². The lowest BCUT2D eigenvalue weighted by molar-refractivity contribution is 0.210. The lowest BCUT2D eigenvalue weighted by Crippen LogP contribution is -2.30. The van der Waals surface area contributed by atoms with Gasteiger partial charge in [0.1, 0.15) is 9.84 Å². The standard InChI is InChI=1S/C13H27NO2S/c1-13(2,3)12-6-5-8-14(9-7-12)10-11-17(4,15)16/h12H,5-11H2,1-4H3. The first kappa shape index (κ1) is 15.0. The Hall–Kier alpha value is -0.0900.